The van der Waals surface area contributed by atoms with Crippen molar-refractivity contribution in [1.29, 1.82) is 0 Å². The van der Waals surface area contributed by atoms with Crippen molar-refractivity contribution in [2.45, 2.75) is 25.9 Å². The van der Waals surface area contributed by atoms with E-state index in [1.54, 1.807) is 11.3 Å². The molecule has 1 amide bonds. The lowest BCUT2D eigenvalue weighted by molar-refractivity contribution is -0.00923. The molecule has 1 saturated heterocycles. The second kappa shape index (κ2) is 9.12. The molecule has 1 N–H and O–H groups in total. The largest absolute Gasteiger partial charge is 0.379 e. The van der Waals surface area contributed by atoms with Gasteiger partial charge in [-0.2, -0.15) is 5.10 Å². The van der Waals surface area contributed by atoms with E-state index in [1.165, 1.54) is 0 Å². The van der Waals surface area contributed by atoms with Crippen LogP contribution in [0.15, 0.2) is 54.0 Å². The molecule has 3 aromatic rings. The number of carbonyl (C=O) groups excluding carboxylic acids is 1. The fourth-order valence-electron chi connectivity index (χ4n) is 3.71. The average Bonchev–Trinajstić information content (AvgIpc) is 3.43. The van der Waals surface area contributed by atoms with Crippen LogP contribution in [-0.4, -0.2) is 59.0 Å². The van der Waals surface area contributed by atoms with Gasteiger partial charge in [-0.3, -0.25) is 14.4 Å². The van der Waals surface area contributed by atoms with Crippen molar-refractivity contribution in [1.82, 2.24) is 20.0 Å². The van der Waals surface area contributed by atoms with Crippen molar-refractivity contribution < 1.29 is 9.53 Å². The number of benzene rings is 1. The lowest BCUT2D eigenvalue weighted by atomic mass is 10.0. The number of aromatic nitrogens is 2. The Morgan fingerprint density at radius 1 is 1.17 bits per heavy atom. The molecule has 0 bridgehead atoms. The van der Waals surface area contributed by atoms with Crippen molar-refractivity contribution in [3.05, 3.63) is 65.2 Å². The highest BCUT2D eigenvalue weighted by Gasteiger charge is 2.29. The molecule has 1 aromatic carbocycles. The molecule has 0 atom stereocenters. The normalized spacial score (nSPS) is 15.3. The molecule has 1 aliphatic heterocycles. The summed E-state index contributed by atoms with van der Waals surface area (Å²) in [5, 5.41) is 9.90. The fourth-order valence-corrected chi connectivity index (χ4v) is 4.43. The highest BCUT2D eigenvalue weighted by atomic mass is 32.1. The smallest absolute Gasteiger partial charge is 0.255 e. The molecule has 0 spiro atoms. The van der Waals surface area contributed by atoms with Gasteiger partial charge in [0.1, 0.15) is 5.69 Å². The molecule has 1 aliphatic rings. The lowest BCUT2D eigenvalue weighted by Gasteiger charge is -2.40. The maximum atomic E-state index is 13.2. The first-order chi connectivity index (χ1) is 14.5. The summed E-state index contributed by atoms with van der Waals surface area (Å²) >= 11 is 1.60. The Labute approximate surface area is 181 Å². The van der Waals surface area contributed by atoms with Crippen molar-refractivity contribution in [3.8, 4) is 10.6 Å². The summed E-state index contributed by atoms with van der Waals surface area (Å²) in [5.74, 6) is -0.0842. The van der Waals surface area contributed by atoms with Gasteiger partial charge >= 0.3 is 0 Å². The summed E-state index contributed by atoms with van der Waals surface area (Å²) < 4.78 is 7.31. The Morgan fingerprint density at radius 3 is 2.63 bits per heavy atom. The monoisotopic (exact) mass is 424 g/mol. The van der Waals surface area contributed by atoms with E-state index in [-0.39, 0.29) is 11.4 Å². The Hall–Kier alpha value is -2.48. The van der Waals surface area contributed by atoms with Gasteiger partial charge in [0.15, 0.2) is 0 Å². The van der Waals surface area contributed by atoms with E-state index >= 15 is 0 Å². The predicted molar refractivity (Wildman–Crippen MR) is 120 cm³/mol. The van der Waals surface area contributed by atoms with Crippen LogP contribution < -0.4 is 5.32 Å². The number of amides is 1. The molecule has 30 heavy (non-hydrogen) atoms. The molecule has 2 aromatic heterocycles. The minimum atomic E-state index is -0.136. The number of nitrogens with zero attached hydrogens (tertiary/aromatic N) is 3. The number of hydrogen-bond donors (Lipinski definition) is 1. The summed E-state index contributed by atoms with van der Waals surface area (Å²) in [4.78, 5) is 16.5. The Bertz CT molecular complexity index is 961. The summed E-state index contributed by atoms with van der Waals surface area (Å²) in [5.41, 5.74) is 2.37. The number of nitrogens with one attached hydrogen (secondary N) is 1. The minimum absolute atomic E-state index is 0.0842. The topological polar surface area (TPSA) is 59.4 Å². The van der Waals surface area contributed by atoms with Crippen molar-refractivity contribution in [2.75, 3.05) is 32.8 Å². The van der Waals surface area contributed by atoms with Crippen molar-refractivity contribution >= 4 is 17.2 Å². The van der Waals surface area contributed by atoms with Crippen LogP contribution in [0.2, 0.25) is 0 Å². The Morgan fingerprint density at radius 2 is 1.93 bits per heavy atom. The zero-order valence-electron chi connectivity index (χ0n) is 17.5. The summed E-state index contributed by atoms with van der Waals surface area (Å²) in [6.07, 6.45) is 1.86. The number of hydrogen-bond acceptors (Lipinski definition) is 5. The Balaban J connectivity index is 1.52. The molecular formula is C23H28N4O2S. The van der Waals surface area contributed by atoms with Gasteiger partial charge in [0.2, 0.25) is 0 Å². The van der Waals surface area contributed by atoms with Crippen LogP contribution >= 0.6 is 11.3 Å². The van der Waals surface area contributed by atoms with Gasteiger partial charge in [-0.25, -0.2) is 0 Å². The van der Waals surface area contributed by atoms with E-state index in [0.29, 0.717) is 18.7 Å². The number of thiophene rings is 1. The van der Waals surface area contributed by atoms with Crippen LogP contribution in [0.5, 0.6) is 0 Å². The van der Waals surface area contributed by atoms with Crippen LogP contribution in [0, 0.1) is 0 Å². The third-order valence-electron chi connectivity index (χ3n) is 5.50. The van der Waals surface area contributed by atoms with Gasteiger partial charge in [0.05, 0.1) is 30.2 Å². The lowest BCUT2D eigenvalue weighted by Crippen LogP contribution is -2.55. The third-order valence-corrected chi connectivity index (χ3v) is 6.37. The van der Waals surface area contributed by atoms with Crippen molar-refractivity contribution in [2.24, 2.45) is 0 Å². The molecule has 1 fully saturated rings. The van der Waals surface area contributed by atoms with Gasteiger partial charge in [-0.1, -0.05) is 36.4 Å². The summed E-state index contributed by atoms with van der Waals surface area (Å²) in [6.45, 7) is 8.79. The molecular weight excluding hydrogens is 396 g/mol. The molecule has 6 nitrogen and oxygen atoms in total. The van der Waals surface area contributed by atoms with E-state index in [2.05, 4.69) is 36.2 Å². The van der Waals surface area contributed by atoms with Crippen molar-refractivity contribution in [3.63, 3.8) is 0 Å². The van der Waals surface area contributed by atoms with E-state index in [1.807, 2.05) is 46.6 Å². The highest BCUT2D eigenvalue weighted by molar-refractivity contribution is 7.13. The molecule has 7 heteroatoms. The van der Waals surface area contributed by atoms with Gasteiger partial charge in [-0.15, -0.1) is 11.3 Å². The second-order valence-corrected chi connectivity index (χ2v) is 9.09. The number of rotatable bonds is 7. The van der Waals surface area contributed by atoms with Crippen LogP contribution in [0.1, 0.15) is 29.8 Å². The quantitative estimate of drug-likeness (QED) is 0.631. The molecule has 3 heterocycles. The Kier molecular flexibility index (Phi) is 6.32. The van der Waals surface area contributed by atoms with Crippen LogP contribution in [0.25, 0.3) is 10.6 Å². The van der Waals surface area contributed by atoms with E-state index in [4.69, 9.17) is 9.84 Å². The highest BCUT2D eigenvalue weighted by Crippen LogP contribution is 2.27. The molecule has 0 aliphatic carbocycles. The van der Waals surface area contributed by atoms with Gasteiger partial charge in [0, 0.05) is 31.4 Å². The molecule has 4 rings (SSSR count). The van der Waals surface area contributed by atoms with Crippen LogP contribution in [0.4, 0.5) is 0 Å². The fraction of sp³-hybridized carbons (Fsp3) is 0.391. The molecule has 0 unspecified atom stereocenters. The first-order valence-electron chi connectivity index (χ1n) is 10.3. The van der Waals surface area contributed by atoms with E-state index in [0.717, 1.165) is 42.4 Å². The van der Waals surface area contributed by atoms with Gasteiger partial charge in [0.25, 0.3) is 5.91 Å². The van der Waals surface area contributed by atoms with E-state index in [9.17, 15) is 4.79 Å². The number of morpholine rings is 1. The first kappa shape index (κ1) is 20.8. The van der Waals surface area contributed by atoms with Gasteiger partial charge < -0.3 is 10.1 Å². The molecule has 0 saturated carbocycles. The minimum Gasteiger partial charge on any atom is -0.379 e. The van der Waals surface area contributed by atoms with Crippen LogP contribution in [0.3, 0.4) is 0 Å². The van der Waals surface area contributed by atoms with Gasteiger partial charge in [-0.05, 0) is 30.9 Å². The summed E-state index contributed by atoms with van der Waals surface area (Å²) in [6, 6.07) is 14.2. The third kappa shape index (κ3) is 4.80. The zero-order valence-corrected chi connectivity index (χ0v) is 18.3. The maximum absolute atomic E-state index is 13.2. The van der Waals surface area contributed by atoms with E-state index < -0.39 is 0 Å². The summed E-state index contributed by atoms with van der Waals surface area (Å²) in [7, 11) is 0. The predicted octanol–water partition coefficient (Wildman–Crippen LogP) is 3.50. The molecule has 0 radical (unpaired) electrons. The molecule has 158 valence electrons. The number of carbonyl (C=O) groups is 1. The zero-order chi connectivity index (χ0) is 21.0. The standard InChI is InChI=1S/C23H28N4O2S/c1-23(2,26-10-12-29-13-11-26)17-24-22(28)19-16-27(15-18-7-4-3-5-8-18)25-21(19)20-9-6-14-30-20/h3-9,14,16H,10-13,15,17H2,1-2H3,(H,24,28). The van der Waals surface area contributed by atoms with Crippen LogP contribution in [-0.2, 0) is 11.3 Å². The second-order valence-electron chi connectivity index (χ2n) is 8.15. The number of ether oxygens (including phenoxy) is 1. The maximum Gasteiger partial charge on any atom is 0.255 e. The first-order valence-corrected chi connectivity index (χ1v) is 11.2. The SMILES string of the molecule is CC(C)(CNC(=O)c1cn(Cc2ccccc2)nc1-c1cccs1)N1CCOCC1. The average molecular weight is 425 g/mol.